The zero-order chi connectivity index (χ0) is 24.6. The summed E-state index contributed by atoms with van der Waals surface area (Å²) in [7, 11) is 0. The number of carbonyl (C=O) groups is 2. The molecule has 4 heterocycles. The van der Waals surface area contributed by atoms with E-state index in [1.807, 2.05) is 40.1 Å². The van der Waals surface area contributed by atoms with Crippen LogP contribution < -0.4 is 15.1 Å². The van der Waals surface area contributed by atoms with Gasteiger partial charge in [-0.25, -0.2) is 4.79 Å². The molecule has 2 aromatic carbocycles. The van der Waals surface area contributed by atoms with Crippen molar-refractivity contribution in [2.24, 2.45) is 4.99 Å². The van der Waals surface area contributed by atoms with Crippen LogP contribution >= 0.6 is 22.9 Å². The van der Waals surface area contributed by atoms with Crippen LogP contribution in [-0.2, 0) is 0 Å². The summed E-state index contributed by atoms with van der Waals surface area (Å²) in [5.74, 6) is 0.851. The van der Waals surface area contributed by atoms with Crippen LogP contribution in [-0.4, -0.2) is 60.9 Å². The Kier molecular flexibility index (Phi) is 6.15. The number of carbonyl (C=O) groups excluding carboxylic acids is 2. The number of fused-ring (bicyclic) bond motifs is 1. The van der Waals surface area contributed by atoms with Crippen LogP contribution in [0, 0.1) is 0 Å². The van der Waals surface area contributed by atoms with E-state index in [1.165, 1.54) is 11.3 Å². The molecule has 3 amide bonds. The zero-order valence-electron chi connectivity index (χ0n) is 19.6. The Hall–Kier alpha value is -3.36. The maximum Gasteiger partial charge on any atom is 0.324 e. The third kappa shape index (κ3) is 4.24. The number of benzene rings is 2. The molecule has 184 valence electrons. The Morgan fingerprint density at radius 3 is 2.44 bits per heavy atom. The van der Waals surface area contributed by atoms with Crippen molar-refractivity contribution in [2.75, 3.05) is 36.0 Å². The van der Waals surface area contributed by atoms with Crippen LogP contribution in [0.2, 0.25) is 4.34 Å². The summed E-state index contributed by atoms with van der Waals surface area (Å²) in [5, 5.41) is 3.12. The molecule has 3 aliphatic heterocycles. The van der Waals surface area contributed by atoms with Gasteiger partial charge < -0.3 is 15.1 Å². The molecule has 0 saturated carbocycles. The Labute approximate surface area is 219 Å². The average molecular weight is 520 g/mol. The third-order valence-electron chi connectivity index (χ3n) is 7.07. The van der Waals surface area contributed by atoms with Crippen LogP contribution in [0.25, 0.3) is 0 Å². The predicted molar refractivity (Wildman–Crippen MR) is 145 cm³/mol. The molecule has 36 heavy (non-hydrogen) atoms. The lowest BCUT2D eigenvalue weighted by Crippen LogP contribution is -2.44. The molecule has 0 unspecified atom stereocenters. The van der Waals surface area contributed by atoms with Gasteiger partial charge in [0.2, 0.25) is 0 Å². The second-order valence-corrected chi connectivity index (χ2v) is 10.9. The van der Waals surface area contributed by atoms with Gasteiger partial charge in [-0.1, -0.05) is 41.9 Å². The largest absolute Gasteiger partial charge is 0.346 e. The van der Waals surface area contributed by atoms with Gasteiger partial charge in [-0.3, -0.25) is 14.7 Å². The first-order valence-electron chi connectivity index (χ1n) is 12.2. The summed E-state index contributed by atoms with van der Waals surface area (Å²) in [5.41, 5.74) is 3.03. The fraction of sp³-hybridized carbons (Fsp3) is 0.296. The Morgan fingerprint density at radius 2 is 1.72 bits per heavy atom. The molecule has 0 spiro atoms. The first-order valence-corrected chi connectivity index (χ1v) is 13.4. The number of thiophene rings is 1. The van der Waals surface area contributed by atoms with Gasteiger partial charge in [-0.2, -0.15) is 0 Å². The van der Waals surface area contributed by atoms with E-state index in [2.05, 4.69) is 34.5 Å². The topological polar surface area (TPSA) is 68.2 Å². The van der Waals surface area contributed by atoms with Gasteiger partial charge in [0.15, 0.2) is 0 Å². The van der Waals surface area contributed by atoms with Crippen molar-refractivity contribution < 1.29 is 9.59 Å². The summed E-state index contributed by atoms with van der Waals surface area (Å²) < 4.78 is 0.588. The van der Waals surface area contributed by atoms with Gasteiger partial charge in [0, 0.05) is 36.6 Å². The lowest BCUT2D eigenvalue weighted by atomic mass is 10.1. The first-order chi connectivity index (χ1) is 17.6. The summed E-state index contributed by atoms with van der Waals surface area (Å²) in [6.07, 6.45) is 1.76. The maximum absolute atomic E-state index is 13.2. The van der Waals surface area contributed by atoms with E-state index in [0.717, 1.165) is 48.7 Å². The first kappa shape index (κ1) is 23.1. The number of amidine groups is 1. The fourth-order valence-electron chi connectivity index (χ4n) is 5.30. The number of nitrogens with one attached hydrogen (secondary N) is 1. The molecule has 1 aromatic heterocycles. The van der Waals surface area contributed by atoms with E-state index in [0.29, 0.717) is 22.3 Å². The van der Waals surface area contributed by atoms with Gasteiger partial charge in [0.25, 0.3) is 5.91 Å². The highest BCUT2D eigenvalue weighted by molar-refractivity contribution is 7.18. The normalized spacial score (nSPS) is 21.5. The molecule has 2 fully saturated rings. The number of amides is 3. The van der Waals surface area contributed by atoms with E-state index in [-0.39, 0.29) is 24.0 Å². The molecule has 9 heteroatoms. The zero-order valence-corrected chi connectivity index (χ0v) is 21.2. The molecular weight excluding hydrogens is 494 g/mol. The lowest BCUT2D eigenvalue weighted by Gasteiger charge is -2.30. The second-order valence-electron chi connectivity index (χ2n) is 9.22. The van der Waals surface area contributed by atoms with E-state index >= 15 is 0 Å². The molecular formula is C27H26ClN5O2S. The molecule has 0 bridgehead atoms. The number of nitrogens with zero attached hydrogens (tertiary/aromatic N) is 4. The Balaban J connectivity index is 1.16. The monoisotopic (exact) mass is 519 g/mol. The molecule has 2 atom stereocenters. The quantitative estimate of drug-likeness (QED) is 0.523. The Morgan fingerprint density at radius 1 is 0.972 bits per heavy atom. The number of hydrogen-bond donors (Lipinski definition) is 1. The third-order valence-corrected chi connectivity index (χ3v) is 8.30. The maximum atomic E-state index is 13.2. The highest BCUT2D eigenvalue weighted by Crippen LogP contribution is 2.32. The lowest BCUT2D eigenvalue weighted by molar-refractivity contribution is 0.0935. The minimum Gasteiger partial charge on any atom is -0.346 e. The van der Waals surface area contributed by atoms with Crippen molar-refractivity contribution in [3.05, 3.63) is 81.5 Å². The van der Waals surface area contributed by atoms with E-state index in [1.54, 1.807) is 12.1 Å². The van der Waals surface area contributed by atoms with Gasteiger partial charge in [-0.15, -0.1) is 11.3 Å². The van der Waals surface area contributed by atoms with Gasteiger partial charge in [0.05, 0.1) is 27.8 Å². The van der Waals surface area contributed by atoms with Crippen LogP contribution in [0.3, 0.4) is 0 Å². The molecule has 1 N–H and O–H groups in total. The summed E-state index contributed by atoms with van der Waals surface area (Å²) >= 11 is 7.25. The summed E-state index contributed by atoms with van der Waals surface area (Å²) in [6, 6.07) is 21.7. The van der Waals surface area contributed by atoms with Crippen molar-refractivity contribution >= 4 is 52.1 Å². The molecule has 6 rings (SSSR count). The number of anilines is 2. The van der Waals surface area contributed by atoms with Crippen molar-refractivity contribution in [1.82, 2.24) is 10.2 Å². The molecule has 2 saturated heterocycles. The van der Waals surface area contributed by atoms with E-state index in [9.17, 15) is 9.59 Å². The van der Waals surface area contributed by atoms with Gasteiger partial charge >= 0.3 is 6.03 Å². The van der Waals surface area contributed by atoms with Crippen LogP contribution in [0.4, 0.5) is 16.2 Å². The second kappa shape index (κ2) is 9.59. The van der Waals surface area contributed by atoms with E-state index < -0.39 is 0 Å². The SMILES string of the molecule is O=C(N[C@@H]1CCN2C(=O)N(c3ccc(N4CCCN=C4c4ccccc4)cc3)C[C@H]12)c1ccc(Cl)s1. The molecule has 0 aliphatic carbocycles. The predicted octanol–water partition coefficient (Wildman–Crippen LogP) is 4.87. The number of hydrogen-bond acceptors (Lipinski definition) is 5. The number of aliphatic imine (C=N–C) groups is 1. The van der Waals surface area contributed by atoms with Crippen LogP contribution in [0.15, 0.2) is 71.7 Å². The smallest absolute Gasteiger partial charge is 0.324 e. The summed E-state index contributed by atoms with van der Waals surface area (Å²) in [4.78, 5) is 37.2. The molecule has 3 aliphatic rings. The number of urea groups is 1. The van der Waals surface area contributed by atoms with Crippen molar-refractivity contribution in [2.45, 2.75) is 24.9 Å². The molecule has 7 nitrogen and oxygen atoms in total. The average Bonchev–Trinajstić information content (AvgIpc) is 3.62. The van der Waals surface area contributed by atoms with E-state index in [4.69, 9.17) is 16.6 Å². The number of rotatable bonds is 5. The fourth-order valence-corrected chi connectivity index (χ4v) is 6.25. The minimum atomic E-state index is -0.133. The van der Waals surface area contributed by atoms with Crippen LogP contribution in [0.5, 0.6) is 0 Å². The highest BCUT2D eigenvalue weighted by Gasteiger charge is 2.46. The van der Waals surface area contributed by atoms with Gasteiger partial charge in [-0.05, 0) is 49.2 Å². The highest BCUT2D eigenvalue weighted by atomic mass is 35.5. The minimum absolute atomic E-state index is 0.00632. The Bertz CT molecular complexity index is 1310. The molecule has 0 radical (unpaired) electrons. The van der Waals surface area contributed by atoms with Crippen LogP contribution in [0.1, 0.15) is 28.1 Å². The van der Waals surface area contributed by atoms with Crippen molar-refractivity contribution in [3.8, 4) is 0 Å². The number of halogens is 1. The van der Waals surface area contributed by atoms with Crippen molar-refractivity contribution in [1.29, 1.82) is 0 Å². The van der Waals surface area contributed by atoms with Crippen molar-refractivity contribution in [3.63, 3.8) is 0 Å². The molecule has 3 aromatic rings. The standard InChI is InChI=1S/C27H26ClN5O2S/c28-24-12-11-23(36-24)26(34)30-21-13-16-32-22(21)17-33(27(32)35)20-9-7-19(8-10-20)31-15-4-14-29-25(31)18-5-2-1-3-6-18/h1-3,5-12,21-22H,4,13-17H2,(H,30,34)/t21-,22-/m1/s1. The summed E-state index contributed by atoms with van der Waals surface area (Å²) in [6.45, 7) is 2.92. The van der Waals surface area contributed by atoms with Gasteiger partial charge in [0.1, 0.15) is 5.84 Å².